The van der Waals surface area contributed by atoms with Gasteiger partial charge in [0.15, 0.2) is 0 Å². The summed E-state index contributed by atoms with van der Waals surface area (Å²) < 4.78 is 13.1. The molecule has 120 valence electrons. The van der Waals surface area contributed by atoms with Crippen molar-refractivity contribution in [3.63, 3.8) is 0 Å². The van der Waals surface area contributed by atoms with Gasteiger partial charge in [0.25, 0.3) is 0 Å². The smallest absolute Gasteiger partial charge is 0.243 e. The molecule has 0 saturated heterocycles. The second-order valence-electron chi connectivity index (χ2n) is 5.82. The average Bonchev–Trinajstić information content (AvgIpc) is 2.53. The van der Waals surface area contributed by atoms with Crippen molar-refractivity contribution in [1.29, 1.82) is 0 Å². The molecule has 0 radical (unpaired) electrons. The topological polar surface area (TPSA) is 32.3 Å². The molecule has 1 amide bonds. The molecule has 3 nitrogen and oxygen atoms in total. The van der Waals surface area contributed by atoms with Crippen molar-refractivity contribution in [2.24, 2.45) is 0 Å². The lowest BCUT2D eigenvalue weighted by Crippen LogP contribution is -2.42. The molecule has 23 heavy (non-hydrogen) atoms. The molecule has 0 aromatic heterocycles. The Hall–Kier alpha value is -2.07. The number of halogens is 2. The number of nitrogens with one attached hydrogen (secondary N) is 1. The number of hydrogen-bond donors (Lipinski definition) is 1. The molecule has 1 heterocycles. The molecule has 0 unspecified atom stereocenters. The van der Waals surface area contributed by atoms with E-state index >= 15 is 0 Å². The number of aryl methyl sites for hydroxylation is 1. The van der Waals surface area contributed by atoms with Gasteiger partial charge in [-0.2, -0.15) is 0 Å². The van der Waals surface area contributed by atoms with Crippen LogP contribution in [-0.4, -0.2) is 18.5 Å². The summed E-state index contributed by atoms with van der Waals surface area (Å²) in [5, 5.41) is 2.96. The molecule has 0 saturated carbocycles. The van der Waals surface area contributed by atoms with Crippen molar-refractivity contribution in [1.82, 2.24) is 0 Å². The molecule has 1 aliphatic rings. The van der Waals surface area contributed by atoms with Gasteiger partial charge < -0.3 is 10.2 Å². The number of amides is 1. The zero-order chi connectivity index (χ0) is 16.4. The van der Waals surface area contributed by atoms with Gasteiger partial charge in [0.05, 0.1) is 17.3 Å². The Morgan fingerprint density at radius 2 is 2.13 bits per heavy atom. The SMILES string of the molecule is C[C@@H]1CCc2ccccc2N1CC(=O)Nc1ccc(F)cc1Cl. The summed E-state index contributed by atoms with van der Waals surface area (Å²) in [5.41, 5.74) is 2.79. The quantitative estimate of drug-likeness (QED) is 0.911. The van der Waals surface area contributed by atoms with Crippen molar-refractivity contribution < 1.29 is 9.18 Å². The number of para-hydroxylation sites is 1. The minimum absolute atomic E-state index is 0.165. The summed E-state index contributed by atoms with van der Waals surface area (Å²) in [6.07, 6.45) is 2.04. The van der Waals surface area contributed by atoms with E-state index in [0.29, 0.717) is 11.7 Å². The first kappa shape index (κ1) is 15.8. The first-order chi connectivity index (χ1) is 11.0. The second-order valence-corrected chi connectivity index (χ2v) is 6.22. The molecular formula is C18H18ClFN2O. The van der Waals surface area contributed by atoms with Crippen LogP contribution in [-0.2, 0) is 11.2 Å². The van der Waals surface area contributed by atoms with Crippen LogP contribution >= 0.6 is 11.6 Å². The number of nitrogens with zero attached hydrogens (tertiary/aromatic N) is 1. The fourth-order valence-electron chi connectivity index (χ4n) is 2.94. The summed E-state index contributed by atoms with van der Waals surface area (Å²) in [6, 6.07) is 12.4. The van der Waals surface area contributed by atoms with Gasteiger partial charge in [-0.1, -0.05) is 29.8 Å². The van der Waals surface area contributed by atoms with E-state index in [9.17, 15) is 9.18 Å². The van der Waals surface area contributed by atoms with E-state index in [1.165, 1.54) is 23.8 Å². The number of carbonyl (C=O) groups is 1. The summed E-state index contributed by atoms with van der Waals surface area (Å²) in [6.45, 7) is 2.36. The Kier molecular flexibility index (Phi) is 4.53. The highest BCUT2D eigenvalue weighted by Crippen LogP contribution is 2.30. The van der Waals surface area contributed by atoms with Crippen molar-refractivity contribution in [3.05, 3.63) is 58.9 Å². The van der Waals surface area contributed by atoms with Crippen LogP contribution in [0.4, 0.5) is 15.8 Å². The fraction of sp³-hybridized carbons (Fsp3) is 0.278. The Bertz CT molecular complexity index is 735. The molecule has 0 spiro atoms. The molecule has 0 fully saturated rings. The molecule has 1 aliphatic heterocycles. The van der Waals surface area contributed by atoms with Gasteiger partial charge in [-0.05, 0) is 49.6 Å². The van der Waals surface area contributed by atoms with Crippen LogP contribution in [0.5, 0.6) is 0 Å². The van der Waals surface area contributed by atoms with Gasteiger partial charge in [-0.25, -0.2) is 4.39 Å². The number of fused-ring (bicyclic) bond motifs is 1. The van der Waals surface area contributed by atoms with Crippen LogP contribution in [0.3, 0.4) is 0 Å². The molecule has 1 atom stereocenters. The van der Waals surface area contributed by atoms with Crippen LogP contribution in [0.15, 0.2) is 42.5 Å². The van der Waals surface area contributed by atoms with Crippen LogP contribution in [0.25, 0.3) is 0 Å². The maximum Gasteiger partial charge on any atom is 0.243 e. The zero-order valence-corrected chi connectivity index (χ0v) is 13.6. The van der Waals surface area contributed by atoms with E-state index < -0.39 is 5.82 Å². The lowest BCUT2D eigenvalue weighted by Gasteiger charge is -2.36. The monoisotopic (exact) mass is 332 g/mol. The van der Waals surface area contributed by atoms with Gasteiger partial charge in [0, 0.05) is 11.7 Å². The lowest BCUT2D eigenvalue weighted by molar-refractivity contribution is -0.115. The summed E-state index contributed by atoms with van der Waals surface area (Å²) in [4.78, 5) is 14.5. The number of rotatable bonds is 3. The predicted molar refractivity (Wildman–Crippen MR) is 91.6 cm³/mol. The summed E-state index contributed by atoms with van der Waals surface area (Å²) in [7, 11) is 0. The Labute approximate surface area is 140 Å². The van der Waals surface area contributed by atoms with E-state index in [-0.39, 0.29) is 17.5 Å². The Balaban J connectivity index is 1.75. The number of carbonyl (C=O) groups excluding carboxylic acids is 1. The number of anilines is 2. The highest BCUT2D eigenvalue weighted by molar-refractivity contribution is 6.33. The molecule has 2 aromatic rings. The standard InChI is InChI=1S/C18H18ClFN2O/c1-12-6-7-13-4-2-3-5-17(13)22(12)11-18(23)21-16-9-8-14(20)10-15(16)19/h2-5,8-10,12H,6-7,11H2,1H3,(H,21,23)/t12-/m1/s1. The third kappa shape index (κ3) is 3.48. The van der Waals surface area contributed by atoms with E-state index in [1.54, 1.807) is 0 Å². The minimum atomic E-state index is -0.424. The van der Waals surface area contributed by atoms with E-state index in [1.807, 2.05) is 18.2 Å². The maximum atomic E-state index is 13.1. The van der Waals surface area contributed by atoms with Gasteiger partial charge in [0.2, 0.25) is 5.91 Å². The molecule has 2 aromatic carbocycles. The van der Waals surface area contributed by atoms with Crippen LogP contribution in [0.2, 0.25) is 5.02 Å². The number of benzene rings is 2. The normalized spacial score (nSPS) is 16.8. The molecule has 1 N–H and O–H groups in total. The number of hydrogen-bond acceptors (Lipinski definition) is 2. The third-order valence-corrected chi connectivity index (χ3v) is 4.50. The Morgan fingerprint density at radius 3 is 2.91 bits per heavy atom. The van der Waals surface area contributed by atoms with Crippen LogP contribution < -0.4 is 10.2 Å². The minimum Gasteiger partial charge on any atom is -0.359 e. The molecule has 0 bridgehead atoms. The van der Waals surface area contributed by atoms with Gasteiger partial charge in [-0.3, -0.25) is 4.79 Å². The van der Waals surface area contributed by atoms with Crippen LogP contribution in [0.1, 0.15) is 18.9 Å². The molecular weight excluding hydrogens is 315 g/mol. The highest BCUT2D eigenvalue weighted by Gasteiger charge is 2.24. The zero-order valence-electron chi connectivity index (χ0n) is 12.9. The summed E-state index contributed by atoms with van der Waals surface area (Å²) >= 11 is 5.96. The van der Waals surface area contributed by atoms with Crippen LogP contribution in [0, 0.1) is 5.82 Å². The molecule has 5 heteroatoms. The average molecular weight is 333 g/mol. The Morgan fingerprint density at radius 1 is 1.35 bits per heavy atom. The lowest BCUT2D eigenvalue weighted by atomic mass is 9.96. The van der Waals surface area contributed by atoms with E-state index in [0.717, 1.165) is 18.5 Å². The first-order valence-electron chi connectivity index (χ1n) is 7.64. The fourth-order valence-corrected chi connectivity index (χ4v) is 3.15. The summed E-state index contributed by atoms with van der Waals surface area (Å²) in [5.74, 6) is -0.589. The largest absolute Gasteiger partial charge is 0.359 e. The van der Waals surface area contributed by atoms with Gasteiger partial charge in [-0.15, -0.1) is 0 Å². The molecule has 0 aliphatic carbocycles. The van der Waals surface area contributed by atoms with Gasteiger partial charge >= 0.3 is 0 Å². The highest BCUT2D eigenvalue weighted by atomic mass is 35.5. The first-order valence-corrected chi connectivity index (χ1v) is 8.02. The van der Waals surface area contributed by atoms with Gasteiger partial charge in [0.1, 0.15) is 5.82 Å². The maximum absolute atomic E-state index is 13.1. The molecule has 3 rings (SSSR count). The van der Waals surface area contributed by atoms with Crippen molar-refractivity contribution in [3.8, 4) is 0 Å². The van der Waals surface area contributed by atoms with E-state index in [2.05, 4.69) is 23.2 Å². The second kappa shape index (κ2) is 6.59. The van der Waals surface area contributed by atoms with Crippen molar-refractivity contribution in [2.45, 2.75) is 25.8 Å². The van der Waals surface area contributed by atoms with Crippen molar-refractivity contribution in [2.75, 3.05) is 16.8 Å². The predicted octanol–water partition coefficient (Wildman–Crippen LogP) is 4.26. The third-order valence-electron chi connectivity index (χ3n) is 4.18. The van der Waals surface area contributed by atoms with E-state index in [4.69, 9.17) is 11.6 Å². The van der Waals surface area contributed by atoms with Crippen molar-refractivity contribution >= 4 is 28.9 Å².